The van der Waals surface area contributed by atoms with Crippen LogP contribution in [0.3, 0.4) is 0 Å². The van der Waals surface area contributed by atoms with E-state index >= 15 is 0 Å². The lowest BCUT2D eigenvalue weighted by Gasteiger charge is -2.34. The normalized spacial score (nSPS) is 15.0. The minimum absolute atomic E-state index is 0.100. The summed E-state index contributed by atoms with van der Waals surface area (Å²) in [7, 11) is -4.28. The van der Waals surface area contributed by atoms with Crippen molar-refractivity contribution in [1.82, 2.24) is 4.90 Å². The molecule has 3 aromatic rings. The number of anilines is 1. The Balaban J connectivity index is 1.53. The van der Waals surface area contributed by atoms with Crippen LogP contribution in [0.25, 0.3) is 0 Å². The van der Waals surface area contributed by atoms with Gasteiger partial charge < -0.3 is 4.90 Å². The summed E-state index contributed by atoms with van der Waals surface area (Å²) in [6.07, 6.45) is -2.20. The Bertz CT molecular complexity index is 1270. The first kappa shape index (κ1) is 25.8. The third-order valence-electron chi connectivity index (χ3n) is 6.41. The van der Waals surface area contributed by atoms with Gasteiger partial charge in [-0.05, 0) is 61.1 Å². The molecule has 1 aliphatic rings. The van der Waals surface area contributed by atoms with Crippen molar-refractivity contribution in [3.8, 4) is 0 Å². The van der Waals surface area contributed by atoms with Crippen molar-refractivity contribution < 1.29 is 26.4 Å². The van der Waals surface area contributed by atoms with E-state index in [1.807, 2.05) is 18.2 Å². The topological polar surface area (TPSA) is 57.7 Å². The van der Waals surface area contributed by atoms with Gasteiger partial charge in [-0.15, -0.1) is 0 Å². The molecule has 1 heterocycles. The first-order valence-electron chi connectivity index (χ1n) is 11.7. The van der Waals surface area contributed by atoms with Crippen LogP contribution in [0.1, 0.15) is 24.0 Å². The molecule has 3 aromatic carbocycles. The summed E-state index contributed by atoms with van der Waals surface area (Å²) in [6, 6.07) is 21.5. The van der Waals surface area contributed by atoms with Crippen LogP contribution in [0.4, 0.5) is 18.9 Å². The van der Waals surface area contributed by atoms with Crippen LogP contribution in [0.5, 0.6) is 0 Å². The predicted octanol–water partition coefficient (Wildman–Crippen LogP) is 5.38. The lowest BCUT2D eigenvalue weighted by atomic mass is 9.90. The minimum Gasteiger partial charge on any atom is -0.341 e. The van der Waals surface area contributed by atoms with Crippen LogP contribution in [-0.4, -0.2) is 38.9 Å². The number of amides is 1. The van der Waals surface area contributed by atoms with Gasteiger partial charge in [-0.25, -0.2) is 8.42 Å². The third kappa shape index (κ3) is 6.07. The standard InChI is InChI=1S/C27H27F3N2O3S/c28-27(29,30)23-10-7-11-24(19-23)32(36(34,35)25-12-5-2-6-13-25)20-26(33)31-16-14-22(15-17-31)18-21-8-3-1-4-9-21/h1-13,19,22H,14-18,20H2. The molecule has 0 atom stereocenters. The highest BCUT2D eigenvalue weighted by Crippen LogP contribution is 2.33. The molecule has 1 fully saturated rings. The number of rotatable bonds is 7. The predicted molar refractivity (Wildman–Crippen MR) is 132 cm³/mol. The molecule has 36 heavy (non-hydrogen) atoms. The number of piperidine rings is 1. The SMILES string of the molecule is O=C(CN(c1cccc(C(F)(F)F)c1)S(=O)(=O)c1ccccc1)N1CCC(Cc2ccccc2)CC1. The van der Waals surface area contributed by atoms with Gasteiger partial charge in [0.25, 0.3) is 10.0 Å². The Morgan fingerprint density at radius 2 is 1.50 bits per heavy atom. The van der Waals surface area contributed by atoms with Crippen molar-refractivity contribution in [3.05, 3.63) is 96.1 Å². The Morgan fingerprint density at radius 1 is 0.889 bits per heavy atom. The monoisotopic (exact) mass is 516 g/mol. The van der Waals surface area contributed by atoms with E-state index in [-0.39, 0.29) is 10.6 Å². The van der Waals surface area contributed by atoms with Gasteiger partial charge >= 0.3 is 6.18 Å². The Morgan fingerprint density at radius 3 is 2.11 bits per heavy atom. The van der Waals surface area contributed by atoms with Crippen molar-refractivity contribution in [2.24, 2.45) is 5.92 Å². The van der Waals surface area contributed by atoms with Gasteiger partial charge in [0.1, 0.15) is 6.54 Å². The quantitative estimate of drug-likeness (QED) is 0.424. The summed E-state index contributed by atoms with van der Waals surface area (Å²) in [4.78, 5) is 14.7. The number of nitrogens with zero attached hydrogens (tertiary/aromatic N) is 2. The van der Waals surface area contributed by atoms with Crippen molar-refractivity contribution >= 4 is 21.6 Å². The van der Waals surface area contributed by atoms with Gasteiger partial charge in [-0.1, -0.05) is 54.6 Å². The van der Waals surface area contributed by atoms with Crippen LogP contribution in [0.2, 0.25) is 0 Å². The molecule has 0 unspecified atom stereocenters. The maximum absolute atomic E-state index is 13.4. The minimum atomic E-state index is -4.65. The molecule has 1 amide bonds. The number of likely N-dealkylation sites (tertiary alicyclic amines) is 1. The average Bonchev–Trinajstić information content (AvgIpc) is 2.88. The molecule has 0 saturated carbocycles. The van der Waals surface area contributed by atoms with Gasteiger partial charge in [0, 0.05) is 13.1 Å². The molecule has 0 N–H and O–H groups in total. The Labute approximate surface area is 209 Å². The largest absolute Gasteiger partial charge is 0.416 e. The number of benzene rings is 3. The second-order valence-electron chi connectivity index (χ2n) is 8.89. The maximum Gasteiger partial charge on any atom is 0.416 e. The van der Waals surface area contributed by atoms with Crippen molar-refractivity contribution in [3.63, 3.8) is 0 Å². The second kappa shape index (κ2) is 10.7. The Hall–Kier alpha value is -3.33. The van der Waals surface area contributed by atoms with E-state index in [9.17, 15) is 26.4 Å². The average molecular weight is 517 g/mol. The number of carbonyl (C=O) groups excluding carboxylic acids is 1. The molecule has 0 spiro atoms. The van der Waals surface area contributed by atoms with Gasteiger partial charge in [0.15, 0.2) is 0 Å². The fourth-order valence-electron chi connectivity index (χ4n) is 4.43. The fourth-order valence-corrected chi connectivity index (χ4v) is 5.86. The van der Waals surface area contributed by atoms with Crippen LogP contribution >= 0.6 is 0 Å². The van der Waals surface area contributed by atoms with E-state index in [0.717, 1.165) is 41.8 Å². The highest BCUT2D eigenvalue weighted by molar-refractivity contribution is 7.92. The molecule has 0 aliphatic carbocycles. The van der Waals surface area contributed by atoms with E-state index in [0.29, 0.717) is 19.0 Å². The highest BCUT2D eigenvalue weighted by atomic mass is 32.2. The zero-order valence-corrected chi connectivity index (χ0v) is 20.4. The summed E-state index contributed by atoms with van der Waals surface area (Å²) < 4.78 is 67.7. The second-order valence-corrected chi connectivity index (χ2v) is 10.7. The first-order valence-corrected chi connectivity index (χ1v) is 13.2. The van der Waals surface area contributed by atoms with Crippen LogP contribution in [0.15, 0.2) is 89.8 Å². The lowest BCUT2D eigenvalue weighted by Crippen LogP contribution is -2.46. The molecule has 1 aliphatic heterocycles. The van der Waals surface area contributed by atoms with Crippen molar-refractivity contribution in [2.45, 2.75) is 30.3 Å². The van der Waals surface area contributed by atoms with E-state index in [2.05, 4.69) is 12.1 Å². The molecule has 0 radical (unpaired) electrons. The summed E-state index contributed by atoms with van der Waals surface area (Å²) in [5, 5.41) is 0. The van der Waals surface area contributed by atoms with Crippen LogP contribution in [-0.2, 0) is 27.4 Å². The smallest absolute Gasteiger partial charge is 0.341 e. The molecule has 1 saturated heterocycles. The highest BCUT2D eigenvalue weighted by Gasteiger charge is 2.34. The maximum atomic E-state index is 13.4. The van der Waals surface area contributed by atoms with E-state index in [1.54, 1.807) is 11.0 Å². The van der Waals surface area contributed by atoms with E-state index < -0.39 is 34.2 Å². The summed E-state index contributed by atoms with van der Waals surface area (Å²) >= 11 is 0. The Kier molecular flexibility index (Phi) is 7.68. The zero-order chi connectivity index (χ0) is 25.8. The number of sulfonamides is 1. The van der Waals surface area contributed by atoms with Gasteiger partial charge in [-0.3, -0.25) is 9.10 Å². The lowest BCUT2D eigenvalue weighted by molar-refractivity contribution is -0.137. The number of carbonyl (C=O) groups is 1. The number of hydrogen-bond donors (Lipinski definition) is 0. The molecule has 0 aromatic heterocycles. The third-order valence-corrected chi connectivity index (χ3v) is 8.19. The zero-order valence-electron chi connectivity index (χ0n) is 19.6. The van der Waals surface area contributed by atoms with Gasteiger partial charge in [0.05, 0.1) is 16.1 Å². The molecule has 5 nitrogen and oxygen atoms in total. The molecular formula is C27H27F3N2O3S. The summed E-state index contributed by atoms with van der Waals surface area (Å²) in [5.41, 5.74) is 0.0374. The van der Waals surface area contributed by atoms with Crippen LogP contribution in [0, 0.1) is 5.92 Å². The molecule has 9 heteroatoms. The molecule has 0 bridgehead atoms. The van der Waals surface area contributed by atoms with Crippen molar-refractivity contribution in [1.29, 1.82) is 0 Å². The molecule has 4 rings (SSSR count). The van der Waals surface area contributed by atoms with Gasteiger partial charge in [-0.2, -0.15) is 13.2 Å². The summed E-state index contributed by atoms with van der Waals surface area (Å²) in [6.45, 7) is 0.359. The molecular weight excluding hydrogens is 489 g/mol. The van der Waals surface area contributed by atoms with Crippen molar-refractivity contribution in [2.75, 3.05) is 23.9 Å². The van der Waals surface area contributed by atoms with E-state index in [4.69, 9.17) is 0 Å². The molecule has 190 valence electrons. The van der Waals surface area contributed by atoms with Crippen LogP contribution < -0.4 is 4.31 Å². The van der Waals surface area contributed by atoms with E-state index in [1.165, 1.54) is 35.9 Å². The van der Waals surface area contributed by atoms with Gasteiger partial charge in [0.2, 0.25) is 5.91 Å². The first-order chi connectivity index (χ1) is 17.1. The number of alkyl halides is 3. The number of halogens is 3. The summed E-state index contributed by atoms with van der Waals surface area (Å²) in [5.74, 6) is -0.0332. The number of hydrogen-bond acceptors (Lipinski definition) is 3. The fraction of sp³-hybridized carbons (Fsp3) is 0.296.